The number of benzene rings is 2. The summed E-state index contributed by atoms with van der Waals surface area (Å²) < 4.78 is 0. The molecule has 0 spiro atoms. The number of nitrogens with one attached hydrogen (secondary N) is 3. The van der Waals surface area contributed by atoms with Crippen LogP contribution in [0.1, 0.15) is 0 Å². The van der Waals surface area contributed by atoms with Gasteiger partial charge in [-0.3, -0.25) is 0 Å². The van der Waals surface area contributed by atoms with E-state index in [0.717, 1.165) is 49.7 Å². The van der Waals surface area contributed by atoms with Crippen molar-refractivity contribution >= 4 is 43.9 Å². The average Bonchev–Trinajstić information content (AvgIpc) is 3.36. The number of rotatable bonds is 1. The zero-order valence-electron chi connectivity index (χ0n) is 13.2. The third-order valence-corrected chi connectivity index (χ3v) is 4.87. The number of H-pyrrole nitrogens is 3. The van der Waals surface area contributed by atoms with Crippen molar-refractivity contribution in [3.05, 3.63) is 61.1 Å². The van der Waals surface area contributed by atoms with Crippen LogP contribution in [0.5, 0.6) is 0 Å². The summed E-state index contributed by atoms with van der Waals surface area (Å²) in [4.78, 5) is 19.4. The van der Waals surface area contributed by atoms with Gasteiger partial charge in [-0.1, -0.05) is 36.4 Å². The summed E-state index contributed by atoms with van der Waals surface area (Å²) in [7, 11) is 0. The van der Waals surface area contributed by atoms with Crippen LogP contribution < -0.4 is 0 Å². The number of para-hydroxylation sites is 2. The zero-order valence-corrected chi connectivity index (χ0v) is 13.2. The minimum atomic E-state index is 0.734. The van der Waals surface area contributed by atoms with Crippen molar-refractivity contribution in [2.45, 2.75) is 0 Å². The summed E-state index contributed by atoms with van der Waals surface area (Å²) in [5.41, 5.74) is 6.93. The molecule has 25 heavy (non-hydrogen) atoms. The largest absolute Gasteiger partial charge is 0.360 e. The first-order chi connectivity index (χ1) is 12.4. The fourth-order valence-electron chi connectivity index (χ4n) is 3.76. The maximum absolute atomic E-state index is 4.86. The molecule has 0 bridgehead atoms. The summed E-state index contributed by atoms with van der Waals surface area (Å²) >= 11 is 0. The van der Waals surface area contributed by atoms with Gasteiger partial charge in [0.25, 0.3) is 0 Å². The number of fused-ring (bicyclic) bond motifs is 6. The third-order valence-electron chi connectivity index (χ3n) is 4.87. The molecular formula is C20H13N5. The van der Waals surface area contributed by atoms with Crippen molar-refractivity contribution in [1.82, 2.24) is 24.9 Å². The second-order valence-corrected chi connectivity index (χ2v) is 6.23. The van der Waals surface area contributed by atoms with Crippen molar-refractivity contribution in [3.63, 3.8) is 0 Å². The van der Waals surface area contributed by atoms with Gasteiger partial charge in [0.1, 0.15) is 0 Å². The highest BCUT2D eigenvalue weighted by molar-refractivity contribution is 6.21. The normalized spacial score (nSPS) is 12.0. The summed E-state index contributed by atoms with van der Waals surface area (Å²) in [5.74, 6) is 0. The predicted molar refractivity (Wildman–Crippen MR) is 101 cm³/mol. The van der Waals surface area contributed by atoms with Crippen LogP contribution in [0, 0.1) is 0 Å². The summed E-state index contributed by atoms with van der Waals surface area (Å²) in [6.45, 7) is 0. The Morgan fingerprint density at radius 3 is 2.48 bits per heavy atom. The summed E-state index contributed by atoms with van der Waals surface area (Å²) in [6.07, 6.45) is 3.73. The van der Waals surface area contributed by atoms with Gasteiger partial charge in [-0.15, -0.1) is 0 Å². The first kappa shape index (κ1) is 12.8. The number of aromatic amines is 3. The van der Waals surface area contributed by atoms with Crippen LogP contribution in [0.3, 0.4) is 0 Å². The molecule has 0 atom stereocenters. The maximum atomic E-state index is 4.86. The van der Waals surface area contributed by atoms with E-state index in [9.17, 15) is 0 Å². The van der Waals surface area contributed by atoms with Gasteiger partial charge in [-0.05, 0) is 12.1 Å². The number of nitrogens with zero attached hydrogens (tertiary/aromatic N) is 2. The molecule has 6 aromatic rings. The third kappa shape index (κ3) is 1.61. The topological polar surface area (TPSA) is 73.2 Å². The first-order valence-corrected chi connectivity index (χ1v) is 8.20. The molecule has 6 rings (SSSR count). The van der Waals surface area contributed by atoms with Gasteiger partial charge >= 0.3 is 0 Å². The lowest BCUT2D eigenvalue weighted by atomic mass is 10.1. The van der Waals surface area contributed by atoms with E-state index in [-0.39, 0.29) is 0 Å². The lowest BCUT2D eigenvalue weighted by Gasteiger charge is -2.03. The summed E-state index contributed by atoms with van der Waals surface area (Å²) in [6, 6.07) is 16.6. The van der Waals surface area contributed by atoms with E-state index >= 15 is 0 Å². The van der Waals surface area contributed by atoms with E-state index in [1.54, 1.807) is 6.33 Å². The molecule has 4 aromatic heterocycles. The van der Waals surface area contributed by atoms with Crippen LogP contribution in [0.4, 0.5) is 0 Å². The molecule has 0 aliphatic carbocycles. The number of hydrogen-bond donors (Lipinski definition) is 3. The Morgan fingerprint density at radius 1 is 0.760 bits per heavy atom. The average molecular weight is 323 g/mol. The number of hydrogen-bond acceptors (Lipinski definition) is 2. The van der Waals surface area contributed by atoms with Crippen molar-refractivity contribution < 1.29 is 0 Å². The maximum Gasteiger partial charge on any atom is 0.178 e. The van der Waals surface area contributed by atoms with E-state index < -0.39 is 0 Å². The predicted octanol–water partition coefficient (Wildman–Crippen LogP) is 4.74. The van der Waals surface area contributed by atoms with E-state index in [1.807, 2.05) is 18.3 Å². The van der Waals surface area contributed by atoms with Gasteiger partial charge in [0.15, 0.2) is 5.65 Å². The van der Waals surface area contributed by atoms with Crippen molar-refractivity contribution in [2.75, 3.05) is 0 Å². The van der Waals surface area contributed by atoms with Crippen LogP contribution in [-0.2, 0) is 0 Å². The fraction of sp³-hybridized carbons (Fsp3) is 0. The van der Waals surface area contributed by atoms with Crippen LogP contribution in [0.2, 0.25) is 0 Å². The van der Waals surface area contributed by atoms with E-state index in [2.05, 4.69) is 56.3 Å². The zero-order chi connectivity index (χ0) is 16.4. The molecule has 2 aromatic carbocycles. The van der Waals surface area contributed by atoms with Gasteiger partial charge in [0.2, 0.25) is 0 Å². The summed E-state index contributed by atoms with van der Waals surface area (Å²) in [5, 5.41) is 3.47. The molecule has 0 unspecified atom stereocenters. The Labute approximate surface area is 141 Å². The Balaban J connectivity index is 1.86. The molecule has 3 N–H and O–H groups in total. The Kier molecular flexibility index (Phi) is 2.29. The molecule has 0 radical (unpaired) electrons. The molecule has 0 saturated heterocycles. The molecule has 5 nitrogen and oxygen atoms in total. The molecule has 0 saturated carbocycles. The second kappa shape index (κ2) is 4.48. The molecule has 0 amide bonds. The number of pyridine rings is 1. The Bertz CT molecular complexity index is 1400. The van der Waals surface area contributed by atoms with Gasteiger partial charge in [-0.25, -0.2) is 9.97 Å². The molecular weight excluding hydrogens is 310 g/mol. The lowest BCUT2D eigenvalue weighted by molar-refractivity contribution is 1.30. The SMILES string of the molecule is c1ccc2c(-c3nc4nc[nH]c4c4c3[nH]c3ccccc34)c[nH]c2c1. The van der Waals surface area contributed by atoms with Crippen molar-refractivity contribution in [3.8, 4) is 11.3 Å². The molecule has 0 aliphatic heterocycles. The van der Waals surface area contributed by atoms with E-state index in [0.29, 0.717) is 0 Å². The van der Waals surface area contributed by atoms with Gasteiger partial charge < -0.3 is 15.0 Å². The van der Waals surface area contributed by atoms with Crippen molar-refractivity contribution in [1.29, 1.82) is 0 Å². The van der Waals surface area contributed by atoms with E-state index in [1.165, 1.54) is 5.39 Å². The van der Waals surface area contributed by atoms with Crippen LogP contribution in [0.15, 0.2) is 61.1 Å². The highest BCUT2D eigenvalue weighted by Gasteiger charge is 2.18. The van der Waals surface area contributed by atoms with Gasteiger partial charge in [0, 0.05) is 39.0 Å². The lowest BCUT2D eigenvalue weighted by Crippen LogP contribution is -1.87. The Morgan fingerprint density at radius 2 is 1.56 bits per heavy atom. The number of imidazole rings is 1. The number of aromatic nitrogens is 5. The monoisotopic (exact) mass is 323 g/mol. The molecule has 5 heteroatoms. The van der Waals surface area contributed by atoms with Crippen LogP contribution >= 0.6 is 0 Å². The van der Waals surface area contributed by atoms with Crippen LogP contribution in [0.25, 0.3) is 55.1 Å². The molecule has 118 valence electrons. The molecule has 0 fully saturated rings. The highest BCUT2D eigenvalue weighted by atomic mass is 15.0. The Hall–Kier alpha value is -3.60. The van der Waals surface area contributed by atoms with Gasteiger partial charge in [0.05, 0.1) is 23.1 Å². The molecule has 4 heterocycles. The van der Waals surface area contributed by atoms with Crippen LogP contribution in [-0.4, -0.2) is 24.9 Å². The standard InChI is InChI=1S/C20H13N5/c1-3-7-14-11(5-1)13(9-21-14)17-18-16(19-20(25-17)23-10-22-19)12-6-2-4-8-15(12)24-18/h1-10,21,24H,(H,22,23,25). The van der Waals surface area contributed by atoms with E-state index in [4.69, 9.17) is 4.98 Å². The van der Waals surface area contributed by atoms with Gasteiger partial charge in [-0.2, -0.15) is 0 Å². The second-order valence-electron chi connectivity index (χ2n) is 6.23. The first-order valence-electron chi connectivity index (χ1n) is 8.20. The minimum absolute atomic E-state index is 0.734. The quantitative estimate of drug-likeness (QED) is 0.409. The smallest absolute Gasteiger partial charge is 0.178 e. The highest BCUT2D eigenvalue weighted by Crippen LogP contribution is 2.37. The fourth-order valence-corrected chi connectivity index (χ4v) is 3.76. The van der Waals surface area contributed by atoms with Crippen molar-refractivity contribution in [2.24, 2.45) is 0 Å². The minimum Gasteiger partial charge on any atom is -0.360 e. The molecule has 0 aliphatic rings.